The number of carbonyl (C=O) groups is 1. The second-order valence-corrected chi connectivity index (χ2v) is 7.74. The van der Waals surface area contributed by atoms with Gasteiger partial charge >= 0.3 is 0 Å². The smallest absolute Gasteiger partial charge is 0.258 e. The van der Waals surface area contributed by atoms with Gasteiger partial charge in [-0.15, -0.1) is 10.2 Å². The molecule has 0 radical (unpaired) electrons. The molecule has 6 nitrogen and oxygen atoms in total. The lowest BCUT2D eigenvalue weighted by molar-refractivity contribution is 0.102. The van der Waals surface area contributed by atoms with Crippen molar-refractivity contribution < 1.29 is 4.79 Å². The highest BCUT2D eigenvalue weighted by Crippen LogP contribution is 2.29. The third kappa shape index (κ3) is 4.00. The zero-order chi connectivity index (χ0) is 20.2. The van der Waals surface area contributed by atoms with Crippen molar-refractivity contribution in [2.45, 2.75) is 32.6 Å². The SMILES string of the molecule is CCC(CC)c1nnc(NC(=O)c2cc(-c3cccnc3)nc3ccccc23)s1. The van der Waals surface area contributed by atoms with Crippen LogP contribution in [0.2, 0.25) is 0 Å². The molecule has 3 aromatic heterocycles. The van der Waals surface area contributed by atoms with Gasteiger partial charge in [0.1, 0.15) is 5.01 Å². The van der Waals surface area contributed by atoms with Crippen LogP contribution in [0.5, 0.6) is 0 Å². The summed E-state index contributed by atoms with van der Waals surface area (Å²) in [6.07, 6.45) is 5.46. The van der Waals surface area contributed by atoms with E-state index in [4.69, 9.17) is 4.98 Å². The minimum Gasteiger partial charge on any atom is -0.296 e. The van der Waals surface area contributed by atoms with E-state index in [0.717, 1.165) is 34.3 Å². The molecular formula is C22H21N5OS. The Morgan fingerprint density at radius 3 is 2.69 bits per heavy atom. The average molecular weight is 404 g/mol. The molecule has 0 aliphatic carbocycles. The van der Waals surface area contributed by atoms with E-state index in [1.165, 1.54) is 11.3 Å². The fourth-order valence-electron chi connectivity index (χ4n) is 3.28. The van der Waals surface area contributed by atoms with Crippen molar-refractivity contribution in [3.63, 3.8) is 0 Å². The summed E-state index contributed by atoms with van der Waals surface area (Å²) in [6.45, 7) is 4.27. The summed E-state index contributed by atoms with van der Waals surface area (Å²) < 4.78 is 0. The predicted octanol–water partition coefficient (Wildman–Crippen LogP) is 5.30. The molecule has 0 atom stereocenters. The average Bonchev–Trinajstić information content (AvgIpc) is 3.22. The van der Waals surface area contributed by atoms with Gasteiger partial charge in [-0.1, -0.05) is 43.4 Å². The zero-order valence-electron chi connectivity index (χ0n) is 16.3. The van der Waals surface area contributed by atoms with Crippen LogP contribution in [0, 0.1) is 0 Å². The Kier molecular flexibility index (Phi) is 5.57. The molecule has 7 heteroatoms. The highest BCUT2D eigenvalue weighted by molar-refractivity contribution is 7.15. The minimum atomic E-state index is -0.221. The first-order valence-electron chi connectivity index (χ1n) is 9.64. The molecule has 1 aromatic carbocycles. The first-order chi connectivity index (χ1) is 14.2. The van der Waals surface area contributed by atoms with Gasteiger partial charge < -0.3 is 0 Å². The number of benzene rings is 1. The number of nitrogens with zero attached hydrogens (tertiary/aromatic N) is 4. The number of hydrogen-bond acceptors (Lipinski definition) is 6. The van der Waals surface area contributed by atoms with Crippen LogP contribution < -0.4 is 5.32 Å². The number of hydrogen-bond donors (Lipinski definition) is 1. The van der Waals surface area contributed by atoms with E-state index in [1.807, 2.05) is 36.4 Å². The molecule has 0 aliphatic rings. The summed E-state index contributed by atoms with van der Waals surface area (Å²) in [5.74, 6) is 0.151. The van der Waals surface area contributed by atoms with Crippen LogP contribution in [-0.4, -0.2) is 26.1 Å². The molecule has 146 valence electrons. The molecule has 1 amide bonds. The lowest BCUT2D eigenvalue weighted by atomic mass is 10.0. The highest BCUT2D eigenvalue weighted by Gasteiger charge is 2.18. The van der Waals surface area contributed by atoms with E-state index in [1.54, 1.807) is 18.5 Å². The monoisotopic (exact) mass is 403 g/mol. The molecule has 0 bridgehead atoms. The van der Waals surface area contributed by atoms with Crippen LogP contribution in [0.15, 0.2) is 54.9 Å². The van der Waals surface area contributed by atoms with Gasteiger partial charge in [-0.3, -0.25) is 15.1 Å². The molecule has 29 heavy (non-hydrogen) atoms. The lowest BCUT2D eigenvalue weighted by Crippen LogP contribution is -2.13. The molecule has 0 aliphatic heterocycles. The van der Waals surface area contributed by atoms with Gasteiger partial charge in [0.15, 0.2) is 0 Å². The van der Waals surface area contributed by atoms with Gasteiger partial charge in [-0.2, -0.15) is 0 Å². The Bertz CT molecular complexity index is 1140. The largest absolute Gasteiger partial charge is 0.296 e. The van der Waals surface area contributed by atoms with Crippen molar-refractivity contribution in [1.29, 1.82) is 0 Å². The van der Waals surface area contributed by atoms with Crippen molar-refractivity contribution >= 4 is 33.3 Å². The fourth-order valence-corrected chi connectivity index (χ4v) is 4.28. The Morgan fingerprint density at radius 1 is 1.10 bits per heavy atom. The summed E-state index contributed by atoms with van der Waals surface area (Å²) in [5, 5.41) is 13.6. The number of aromatic nitrogens is 4. The standard InChI is InChI=1S/C22H21N5OS/c1-3-14(4-2)21-26-27-22(29-21)25-20(28)17-12-19(15-8-7-11-23-13-15)24-18-10-6-5-9-16(17)18/h5-14H,3-4H2,1-2H3,(H,25,27,28). The minimum absolute atomic E-state index is 0.221. The topological polar surface area (TPSA) is 80.7 Å². The maximum atomic E-state index is 13.1. The number of carbonyl (C=O) groups excluding carboxylic acids is 1. The van der Waals surface area contributed by atoms with Crippen molar-refractivity contribution in [3.8, 4) is 11.3 Å². The lowest BCUT2D eigenvalue weighted by Gasteiger charge is -2.09. The van der Waals surface area contributed by atoms with E-state index >= 15 is 0 Å². The predicted molar refractivity (Wildman–Crippen MR) is 116 cm³/mol. The van der Waals surface area contributed by atoms with E-state index in [0.29, 0.717) is 22.3 Å². The Hall–Kier alpha value is -3.19. The van der Waals surface area contributed by atoms with Crippen LogP contribution in [0.25, 0.3) is 22.2 Å². The third-order valence-electron chi connectivity index (χ3n) is 4.91. The molecular weight excluding hydrogens is 382 g/mol. The number of nitrogens with one attached hydrogen (secondary N) is 1. The fraction of sp³-hybridized carbons (Fsp3) is 0.227. The van der Waals surface area contributed by atoms with Crippen LogP contribution in [-0.2, 0) is 0 Å². The number of para-hydroxylation sites is 1. The zero-order valence-corrected chi connectivity index (χ0v) is 17.1. The highest BCUT2D eigenvalue weighted by atomic mass is 32.1. The molecule has 0 spiro atoms. The normalized spacial score (nSPS) is 11.1. The summed E-state index contributed by atoms with van der Waals surface area (Å²) in [6, 6.07) is 13.2. The summed E-state index contributed by atoms with van der Waals surface area (Å²) in [4.78, 5) is 22.0. The Balaban J connectivity index is 1.70. The number of rotatable bonds is 6. The molecule has 1 N–H and O–H groups in total. The van der Waals surface area contributed by atoms with Crippen molar-refractivity contribution in [2.24, 2.45) is 0 Å². The second kappa shape index (κ2) is 8.45. The van der Waals surface area contributed by atoms with Crippen molar-refractivity contribution in [1.82, 2.24) is 20.2 Å². The first kappa shape index (κ1) is 19.1. The number of fused-ring (bicyclic) bond motifs is 1. The first-order valence-corrected chi connectivity index (χ1v) is 10.5. The summed E-state index contributed by atoms with van der Waals surface area (Å²) >= 11 is 1.44. The van der Waals surface area contributed by atoms with Gasteiger partial charge in [0.05, 0.1) is 16.8 Å². The van der Waals surface area contributed by atoms with Gasteiger partial charge in [0.25, 0.3) is 5.91 Å². The Labute approximate surface area is 173 Å². The van der Waals surface area contributed by atoms with Gasteiger partial charge in [0.2, 0.25) is 5.13 Å². The van der Waals surface area contributed by atoms with E-state index in [-0.39, 0.29) is 5.91 Å². The van der Waals surface area contributed by atoms with E-state index in [2.05, 4.69) is 34.3 Å². The van der Waals surface area contributed by atoms with E-state index in [9.17, 15) is 4.79 Å². The Morgan fingerprint density at radius 2 is 1.93 bits per heavy atom. The van der Waals surface area contributed by atoms with E-state index < -0.39 is 0 Å². The maximum Gasteiger partial charge on any atom is 0.258 e. The van der Waals surface area contributed by atoms with Gasteiger partial charge in [-0.05, 0) is 37.1 Å². The molecule has 0 unspecified atom stereocenters. The molecule has 0 saturated carbocycles. The molecule has 4 rings (SSSR count). The molecule has 3 heterocycles. The quantitative estimate of drug-likeness (QED) is 0.472. The number of anilines is 1. The molecule has 4 aromatic rings. The van der Waals surface area contributed by atoms with Gasteiger partial charge in [-0.25, -0.2) is 4.98 Å². The van der Waals surface area contributed by atoms with Crippen LogP contribution >= 0.6 is 11.3 Å². The van der Waals surface area contributed by atoms with Crippen LogP contribution in [0.1, 0.15) is 48.0 Å². The van der Waals surface area contributed by atoms with Crippen molar-refractivity contribution in [2.75, 3.05) is 5.32 Å². The van der Waals surface area contributed by atoms with Crippen LogP contribution in [0.3, 0.4) is 0 Å². The summed E-state index contributed by atoms with van der Waals surface area (Å²) in [7, 11) is 0. The molecule has 0 saturated heterocycles. The van der Waals surface area contributed by atoms with Gasteiger partial charge in [0, 0.05) is 29.3 Å². The number of amides is 1. The maximum absolute atomic E-state index is 13.1. The number of pyridine rings is 2. The third-order valence-corrected chi connectivity index (χ3v) is 5.92. The summed E-state index contributed by atoms with van der Waals surface area (Å²) in [5.41, 5.74) is 2.87. The molecule has 0 fully saturated rings. The second-order valence-electron chi connectivity index (χ2n) is 6.73. The van der Waals surface area contributed by atoms with Crippen LogP contribution in [0.4, 0.5) is 5.13 Å². The van der Waals surface area contributed by atoms with Crippen molar-refractivity contribution in [3.05, 3.63) is 65.4 Å².